The van der Waals surface area contributed by atoms with E-state index in [0.717, 1.165) is 33.6 Å². The lowest BCUT2D eigenvalue weighted by Crippen LogP contribution is -2.29. The van der Waals surface area contributed by atoms with Gasteiger partial charge < -0.3 is 0 Å². The minimum absolute atomic E-state index is 0.602. The molecule has 1 aromatic heterocycles. The zero-order valence-electron chi connectivity index (χ0n) is 30.9. The van der Waals surface area contributed by atoms with Crippen LogP contribution in [0.5, 0.6) is 0 Å². The summed E-state index contributed by atoms with van der Waals surface area (Å²) >= 11 is 0. The van der Waals surface area contributed by atoms with Crippen molar-refractivity contribution in [3.63, 3.8) is 0 Å². The van der Waals surface area contributed by atoms with Crippen molar-refractivity contribution in [2.75, 3.05) is 0 Å². The van der Waals surface area contributed by atoms with Crippen molar-refractivity contribution in [2.45, 2.75) is 5.41 Å². The van der Waals surface area contributed by atoms with E-state index in [-0.39, 0.29) is 0 Å². The van der Waals surface area contributed by atoms with Crippen molar-refractivity contribution in [3.05, 3.63) is 228 Å². The second kappa shape index (κ2) is 13.0. The van der Waals surface area contributed by atoms with Crippen molar-refractivity contribution < 1.29 is 0 Å². The molecular formula is C54H33N3. The quantitative estimate of drug-likeness (QED) is 0.182. The van der Waals surface area contributed by atoms with Crippen LogP contribution in [-0.2, 0) is 5.41 Å². The van der Waals surface area contributed by atoms with Crippen LogP contribution in [0.4, 0.5) is 0 Å². The lowest BCUT2D eigenvalue weighted by molar-refractivity contribution is 0.775. The molecule has 0 saturated carbocycles. The second-order valence-corrected chi connectivity index (χ2v) is 14.8. The molecule has 1 spiro atoms. The fraction of sp³-hybridized carbons (Fsp3) is 0.0185. The molecule has 0 unspecified atom stereocenters. The number of rotatable bonds is 4. The Kier molecular flexibility index (Phi) is 7.45. The highest BCUT2D eigenvalue weighted by molar-refractivity contribution is 5.97. The van der Waals surface area contributed by atoms with Crippen LogP contribution >= 0.6 is 0 Å². The van der Waals surface area contributed by atoms with E-state index in [9.17, 15) is 5.26 Å². The van der Waals surface area contributed by atoms with Crippen molar-refractivity contribution in [1.82, 2.24) is 9.97 Å². The summed E-state index contributed by atoms with van der Waals surface area (Å²) in [6.07, 6.45) is 0. The molecule has 0 atom stereocenters. The maximum Gasteiger partial charge on any atom is 0.160 e. The van der Waals surface area contributed by atoms with Crippen LogP contribution < -0.4 is 0 Å². The van der Waals surface area contributed by atoms with Crippen molar-refractivity contribution >= 4 is 0 Å². The molecule has 2 aliphatic carbocycles. The summed E-state index contributed by atoms with van der Waals surface area (Å²) in [6.45, 7) is 0. The third kappa shape index (κ3) is 5.05. The Balaban J connectivity index is 1.18. The van der Waals surface area contributed by atoms with Crippen LogP contribution in [0.25, 0.3) is 78.4 Å². The number of aromatic nitrogens is 2. The fourth-order valence-corrected chi connectivity index (χ4v) is 9.24. The van der Waals surface area contributed by atoms with Gasteiger partial charge in [0.2, 0.25) is 0 Å². The molecule has 0 N–H and O–H groups in total. The van der Waals surface area contributed by atoms with Crippen molar-refractivity contribution in [3.8, 4) is 84.5 Å². The zero-order valence-corrected chi connectivity index (χ0v) is 30.9. The van der Waals surface area contributed by atoms with E-state index in [2.05, 4.69) is 176 Å². The van der Waals surface area contributed by atoms with Gasteiger partial charge in [0, 0.05) is 16.7 Å². The molecule has 3 heteroatoms. The van der Waals surface area contributed by atoms with Crippen molar-refractivity contribution in [1.29, 1.82) is 5.26 Å². The summed E-state index contributed by atoms with van der Waals surface area (Å²) in [5.41, 5.74) is 19.2. The lowest BCUT2D eigenvalue weighted by Gasteiger charge is -2.35. The fourth-order valence-electron chi connectivity index (χ4n) is 9.24. The maximum absolute atomic E-state index is 9.56. The third-order valence-electron chi connectivity index (χ3n) is 11.8. The Morgan fingerprint density at radius 3 is 1.28 bits per heavy atom. The summed E-state index contributed by atoms with van der Waals surface area (Å²) in [5.74, 6) is 0.641. The van der Waals surface area contributed by atoms with Crippen LogP contribution in [0.1, 0.15) is 27.8 Å². The van der Waals surface area contributed by atoms with E-state index in [4.69, 9.17) is 9.97 Å². The normalized spacial score (nSPS) is 12.7. The predicted octanol–water partition coefficient (Wildman–Crippen LogP) is 13.0. The molecule has 8 aromatic carbocycles. The van der Waals surface area contributed by atoms with Crippen molar-refractivity contribution in [2.24, 2.45) is 0 Å². The second-order valence-electron chi connectivity index (χ2n) is 14.8. The Bertz CT molecular complexity index is 3020. The molecule has 0 amide bonds. The maximum atomic E-state index is 9.56. The minimum Gasteiger partial charge on any atom is -0.228 e. The number of nitrogens with zero attached hydrogens (tertiary/aromatic N) is 3. The zero-order chi connectivity index (χ0) is 37.9. The first-order valence-electron chi connectivity index (χ1n) is 19.3. The largest absolute Gasteiger partial charge is 0.228 e. The van der Waals surface area contributed by atoms with Gasteiger partial charge in [0.1, 0.15) is 0 Å². The molecule has 0 fully saturated rings. The molecule has 264 valence electrons. The predicted molar refractivity (Wildman–Crippen MR) is 230 cm³/mol. The molecule has 0 aliphatic heterocycles. The van der Waals surface area contributed by atoms with Gasteiger partial charge in [0.25, 0.3) is 0 Å². The van der Waals surface area contributed by atoms with Gasteiger partial charge in [-0.1, -0.05) is 176 Å². The van der Waals surface area contributed by atoms with Gasteiger partial charge in [0.15, 0.2) is 5.82 Å². The summed E-state index contributed by atoms with van der Waals surface area (Å²) in [5, 5.41) is 9.56. The van der Waals surface area contributed by atoms with E-state index < -0.39 is 5.41 Å². The Hall–Kier alpha value is -7.67. The average molecular weight is 724 g/mol. The van der Waals surface area contributed by atoms with Gasteiger partial charge in [-0.05, 0) is 91.0 Å². The summed E-state index contributed by atoms with van der Waals surface area (Å²) in [6, 6.07) is 73.4. The SMILES string of the molecule is N#Cc1ccc(-c2cc(-c3ccc(-c4ccccc4)cc3)nc(-c3ccc4c(c3)C3(c5ccccc5-c5ccccc5-4)c4ccccc4-c4ccccc43)n2)cc1. The van der Waals surface area contributed by atoms with E-state index in [0.29, 0.717) is 11.4 Å². The molecule has 3 nitrogen and oxygen atoms in total. The number of nitriles is 1. The minimum atomic E-state index is -0.602. The van der Waals surface area contributed by atoms with Gasteiger partial charge in [0.05, 0.1) is 28.4 Å². The molecule has 57 heavy (non-hydrogen) atoms. The van der Waals surface area contributed by atoms with Crippen LogP contribution in [0.2, 0.25) is 0 Å². The molecule has 2 aliphatic rings. The first-order valence-corrected chi connectivity index (χ1v) is 19.3. The number of fused-ring (bicyclic) bond motifs is 12. The van der Waals surface area contributed by atoms with Gasteiger partial charge in [-0.25, -0.2) is 9.97 Å². The number of benzene rings is 8. The van der Waals surface area contributed by atoms with Gasteiger partial charge in [-0.2, -0.15) is 5.26 Å². The number of hydrogen-bond donors (Lipinski definition) is 0. The monoisotopic (exact) mass is 723 g/mol. The van der Waals surface area contributed by atoms with Crippen LogP contribution in [-0.4, -0.2) is 9.97 Å². The first-order chi connectivity index (χ1) is 28.2. The van der Waals surface area contributed by atoms with E-state index >= 15 is 0 Å². The highest BCUT2D eigenvalue weighted by atomic mass is 14.9. The standard InChI is InChI=1S/C54H33N3/c55-34-35-22-24-38(25-23-35)51-33-52(39-28-26-37(27-29-39)36-12-2-1-3-13-36)57-53(56-51)40-30-31-46-42-15-5-4-14-41(42)43-16-6-9-19-47(43)54(50(46)32-40)48-20-10-7-17-44(48)45-18-8-11-21-49(45)54/h1-33H. The Labute approximate surface area is 331 Å². The Morgan fingerprint density at radius 2 is 0.737 bits per heavy atom. The smallest absolute Gasteiger partial charge is 0.160 e. The van der Waals surface area contributed by atoms with Gasteiger partial charge in [-0.3, -0.25) is 0 Å². The average Bonchev–Trinajstić information content (AvgIpc) is 3.54. The van der Waals surface area contributed by atoms with Crippen LogP contribution in [0, 0.1) is 11.3 Å². The molecule has 9 aromatic rings. The highest BCUT2D eigenvalue weighted by Gasteiger charge is 2.49. The summed E-state index contributed by atoms with van der Waals surface area (Å²) < 4.78 is 0. The molecule has 0 bridgehead atoms. The van der Waals surface area contributed by atoms with Gasteiger partial charge in [-0.15, -0.1) is 0 Å². The van der Waals surface area contributed by atoms with E-state index in [1.807, 2.05) is 30.3 Å². The molecular weight excluding hydrogens is 691 g/mol. The summed E-state index contributed by atoms with van der Waals surface area (Å²) in [7, 11) is 0. The third-order valence-corrected chi connectivity index (χ3v) is 11.8. The van der Waals surface area contributed by atoms with E-state index in [1.165, 1.54) is 61.2 Å². The van der Waals surface area contributed by atoms with Gasteiger partial charge >= 0.3 is 0 Å². The lowest BCUT2D eigenvalue weighted by atomic mass is 9.65. The molecule has 0 radical (unpaired) electrons. The highest BCUT2D eigenvalue weighted by Crippen LogP contribution is 2.61. The topological polar surface area (TPSA) is 49.6 Å². The van der Waals surface area contributed by atoms with E-state index in [1.54, 1.807) is 0 Å². The summed E-state index contributed by atoms with van der Waals surface area (Å²) in [4.78, 5) is 10.6. The van der Waals surface area contributed by atoms with Crippen LogP contribution in [0.15, 0.2) is 200 Å². The molecule has 11 rings (SSSR count). The van der Waals surface area contributed by atoms with Crippen LogP contribution in [0.3, 0.4) is 0 Å². The molecule has 1 heterocycles. The Morgan fingerprint density at radius 1 is 0.333 bits per heavy atom. The molecule has 0 saturated heterocycles. The number of hydrogen-bond acceptors (Lipinski definition) is 3. The first kappa shape index (κ1) is 32.7.